The molecule has 0 fully saturated rings. The molecule has 32 heavy (non-hydrogen) atoms. The van der Waals surface area contributed by atoms with E-state index in [1.807, 2.05) is 69.3 Å². The Hall–Kier alpha value is -3.60. The quantitative estimate of drug-likeness (QED) is 0.498. The molecule has 2 amide bonds. The first-order valence-corrected chi connectivity index (χ1v) is 10.9. The van der Waals surface area contributed by atoms with Crippen molar-refractivity contribution in [1.29, 1.82) is 0 Å². The van der Waals surface area contributed by atoms with E-state index in [0.717, 1.165) is 23.1 Å². The van der Waals surface area contributed by atoms with Crippen molar-refractivity contribution in [2.75, 3.05) is 11.9 Å². The third kappa shape index (κ3) is 5.97. The molecular weight excluding hydrogens is 400 g/mol. The topological polar surface area (TPSA) is 67.4 Å². The zero-order chi connectivity index (χ0) is 22.9. The van der Waals surface area contributed by atoms with Gasteiger partial charge in [-0.15, -0.1) is 0 Å². The summed E-state index contributed by atoms with van der Waals surface area (Å²) in [5.74, 6) is 0.192. The Bertz CT molecular complexity index is 1060. The molecule has 0 bridgehead atoms. The molecule has 1 atom stereocenters. The van der Waals surface area contributed by atoms with Gasteiger partial charge in [-0.25, -0.2) is 0 Å². The van der Waals surface area contributed by atoms with E-state index >= 15 is 0 Å². The number of ether oxygens (including phenoxy) is 1. The van der Waals surface area contributed by atoms with E-state index in [9.17, 15) is 9.59 Å². The third-order valence-corrected chi connectivity index (χ3v) is 5.46. The number of aryl methyl sites for hydroxylation is 1. The predicted octanol–water partition coefficient (Wildman–Crippen LogP) is 5.07. The fraction of sp³-hybridized carbons (Fsp3) is 0.259. The average molecular weight is 431 g/mol. The Kier molecular flexibility index (Phi) is 8.03. The van der Waals surface area contributed by atoms with Gasteiger partial charge in [-0.1, -0.05) is 61.5 Å². The number of hydrogen-bond acceptors (Lipinski definition) is 3. The minimum absolute atomic E-state index is 0.222. The number of carbonyl (C=O) groups is 2. The van der Waals surface area contributed by atoms with Crippen LogP contribution in [0.15, 0.2) is 72.8 Å². The van der Waals surface area contributed by atoms with Crippen LogP contribution in [0.25, 0.3) is 0 Å². The lowest BCUT2D eigenvalue weighted by molar-refractivity contribution is -0.122. The molecule has 0 heterocycles. The highest BCUT2D eigenvalue weighted by Crippen LogP contribution is 2.23. The van der Waals surface area contributed by atoms with Crippen LogP contribution < -0.4 is 15.4 Å². The molecule has 3 aromatic rings. The molecule has 2 N–H and O–H groups in total. The van der Waals surface area contributed by atoms with Crippen LogP contribution >= 0.6 is 0 Å². The zero-order valence-electron chi connectivity index (χ0n) is 18.9. The van der Waals surface area contributed by atoms with Crippen LogP contribution in [-0.4, -0.2) is 24.5 Å². The molecule has 0 saturated heterocycles. The van der Waals surface area contributed by atoms with Crippen LogP contribution in [0.4, 0.5) is 5.69 Å². The van der Waals surface area contributed by atoms with Crippen LogP contribution in [-0.2, 0) is 11.2 Å². The van der Waals surface area contributed by atoms with Crippen molar-refractivity contribution >= 4 is 17.5 Å². The van der Waals surface area contributed by atoms with Gasteiger partial charge in [0.25, 0.3) is 11.8 Å². The molecule has 0 aliphatic heterocycles. The lowest BCUT2D eigenvalue weighted by Gasteiger charge is -2.20. The minimum Gasteiger partial charge on any atom is -0.480 e. The number of hydrogen-bond donors (Lipinski definition) is 2. The first-order valence-electron chi connectivity index (χ1n) is 10.9. The monoisotopic (exact) mass is 430 g/mol. The number of para-hydroxylation sites is 1. The Morgan fingerprint density at radius 2 is 1.62 bits per heavy atom. The Morgan fingerprint density at radius 3 is 2.38 bits per heavy atom. The molecule has 0 saturated carbocycles. The van der Waals surface area contributed by atoms with Crippen LogP contribution in [0.3, 0.4) is 0 Å². The Labute approximate surface area is 189 Å². The van der Waals surface area contributed by atoms with Crippen molar-refractivity contribution in [2.45, 2.75) is 39.7 Å². The van der Waals surface area contributed by atoms with Gasteiger partial charge in [0, 0.05) is 6.54 Å². The largest absolute Gasteiger partial charge is 0.480 e. The fourth-order valence-electron chi connectivity index (χ4n) is 3.39. The van der Waals surface area contributed by atoms with E-state index in [-0.39, 0.29) is 11.8 Å². The van der Waals surface area contributed by atoms with Gasteiger partial charge >= 0.3 is 0 Å². The molecule has 0 radical (unpaired) electrons. The first-order chi connectivity index (χ1) is 15.5. The van der Waals surface area contributed by atoms with Gasteiger partial charge in [0.05, 0.1) is 11.3 Å². The number of anilines is 1. The first kappa shape index (κ1) is 23.1. The number of rotatable bonds is 9. The summed E-state index contributed by atoms with van der Waals surface area (Å²) in [7, 11) is 0. The lowest BCUT2D eigenvalue weighted by atomic mass is 10.1. The molecule has 5 nitrogen and oxygen atoms in total. The summed E-state index contributed by atoms with van der Waals surface area (Å²) in [6, 6.07) is 22.8. The van der Waals surface area contributed by atoms with Crippen molar-refractivity contribution in [3.05, 3.63) is 95.1 Å². The van der Waals surface area contributed by atoms with Crippen LogP contribution in [0.1, 0.15) is 40.4 Å². The normalized spacial score (nSPS) is 11.5. The van der Waals surface area contributed by atoms with E-state index in [1.54, 1.807) is 24.3 Å². The fourth-order valence-corrected chi connectivity index (χ4v) is 3.39. The second-order valence-electron chi connectivity index (χ2n) is 7.74. The van der Waals surface area contributed by atoms with Crippen molar-refractivity contribution in [3.8, 4) is 5.75 Å². The highest BCUT2D eigenvalue weighted by molar-refractivity contribution is 6.04. The molecule has 166 valence electrons. The maximum Gasteiger partial charge on any atom is 0.265 e. The number of benzene rings is 3. The molecular formula is C27H30N2O3. The summed E-state index contributed by atoms with van der Waals surface area (Å²) >= 11 is 0. The smallest absolute Gasteiger partial charge is 0.265 e. The van der Waals surface area contributed by atoms with Crippen LogP contribution in [0.2, 0.25) is 0 Å². The Balaban J connectivity index is 1.65. The van der Waals surface area contributed by atoms with Crippen molar-refractivity contribution in [3.63, 3.8) is 0 Å². The Morgan fingerprint density at radius 1 is 0.906 bits per heavy atom. The van der Waals surface area contributed by atoms with Gasteiger partial charge in [0.15, 0.2) is 6.10 Å². The summed E-state index contributed by atoms with van der Waals surface area (Å²) in [6.45, 7) is 6.40. The van der Waals surface area contributed by atoms with Crippen LogP contribution in [0.5, 0.6) is 5.75 Å². The van der Waals surface area contributed by atoms with Gasteiger partial charge < -0.3 is 15.4 Å². The van der Waals surface area contributed by atoms with E-state index in [2.05, 4.69) is 10.6 Å². The summed E-state index contributed by atoms with van der Waals surface area (Å²) in [5.41, 5.74) is 4.17. The van der Waals surface area contributed by atoms with Crippen LogP contribution in [0, 0.1) is 13.8 Å². The van der Waals surface area contributed by atoms with Gasteiger partial charge in [0.1, 0.15) is 5.75 Å². The molecule has 0 unspecified atom stereocenters. The molecule has 0 aliphatic rings. The second-order valence-corrected chi connectivity index (χ2v) is 7.74. The summed E-state index contributed by atoms with van der Waals surface area (Å²) in [5, 5.41) is 5.82. The van der Waals surface area contributed by atoms with Crippen molar-refractivity contribution in [1.82, 2.24) is 5.32 Å². The molecule has 3 rings (SSSR count). The molecule has 5 heteroatoms. The second kappa shape index (κ2) is 11.1. The van der Waals surface area contributed by atoms with Crippen molar-refractivity contribution in [2.24, 2.45) is 0 Å². The zero-order valence-corrected chi connectivity index (χ0v) is 18.9. The maximum absolute atomic E-state index is 13.0. The summed E-state index contributed by atoms with van der Waals surface area (Å²) in [6.07, 6.45) is 0.581. The SMILES string of the molecule is CC[C@H](Oc1cccc(C)c1C)C(=O)Nc1ccccc1C(=O)NCCc1ccccc1. The maximum atomic E-state index is 13.0. The van der Waals surface area contributed by atoms with E-state index in [1.165, 1.54) is 0 Å². The van der Waals surface area contributed by atoms with Gasteiger partial charge in [-0.2, -0.15) is 0 Å². The highest BCUT2D eigenvalue weighted by atomic mass is 16.5. The van der Waals surface area contributed by atoms with Gasteiger partial charge in [-0.05, 0) is 61.6 Å². The molecule has 0 spiro atoms. The summed E-state index contributed by atoms with van der Waals surface area (Å²) < 4.78 is 6.01. The summed E-state index contributed by atoms with van der Waals surface area (Å²) in [4.78, 5) is 25.7. The molecule has 0 aromatic heterocycles. The predicted molar refractivity (Wildman–Crippen MR) is 128 cm³/mol. The van der Waals surface area contributed by atoms with Gasteiger partial charge in [-0.3, -0.25) is 9.59 Å². The number of amides is 2. The average Bonchev–Trinajstić information content (AvgIpc) is 2.81. The minimum atomic E-state index is -0.662. The van der Waals surface area contributed by atoms with Crippen molar-refractivity contribution < 1.29 is 14.3 Å². The number of carbonyl (C=O) groups excluding carboxylic acids is 2. The molecule has 0 aliphatic carbocycles. The van der Waals surface area contributed by atoms with Gasteiger partial charge in [0.2, 0.25) is 0 Å². The van der Waals surface area contributed by atoms with E-state index in [4.69, 9.17) is 4.74 Å². The van der Waals surface area contributed by atoms with E-state index < -0.39 is 6.10 Å². The standard InChI is InChI=1S/C27H30N2O3/c1-4-24(32-25-16-10-11-19(2)20(25)3)27(31)29-23-15-9-8-14-22(23)26(30)28-18-17-21-12-6-5-7-13-21/h5-16,24H,4,17-18H2,1-3H3,(H,28,30)(H,29,31)/t24-/m0/s1. The van der Waals surface area contributed by atoms with E-state index in [0.29, 0.717) is 30.0 Å². The molecule has 3 aromatic carbocycles. The number of nitrogens with one attached hydrogen (secondary N) is 2. The highest BCUT2D eigenvalue weighted by Gasteiger charge is 2.21. The third-order valence-electron chi connectivity index (χ3n) is 5.46. The lowest BCUT2D eigenvalue weighted by Crippen LogP contribution is -2.34.